The highest BCUT2D eigenvalue weighted by Crippen LogP contribution is 2.53. The maximum atomic E-state index is 10.4. The molecule has 0 spiro atoms. The molecule has 2 aromatic heterocycles. The molecule has 0 bridgehead atoms. The Hall–Kier alpha value is -6.37. The molecule has 2 heterocycles. The van der Waals surface area contributed by atoms with E-state index in [9.17, 15) is 5.26 Å². The first-order valence-corrected chi connectivity index (χ1v) is 16.8. The van der Waals surface area contributed by atoms with E-state index in [4.69, 9.17) is 0 Å². The number of fused-ring (bicyclic) bond motifs is 10. The van der Waals surface area contributed by atoms with Gasteiger partial charge < -0.3 is 9.13 Å². The summed E-state index contributed by atoms with van der Waals surface area (Å²) in [5.74, 6) is 0. The summed E-state index contributed by atoms with van der Waals surface area (Å²) in [5.41, 5.74) is 14.8. The molecule has 0 amide bonds. The lowest BCUT2D eigenvalue weighted by atomic mass is 9.82. The van der Waals surface area contributed by atoms with Crippen LogP contribution in [-0.4, -0.2) is 9.13 Å². The molecule has 10 rings (SSSR count). The molecule has 3 nitrogen and oxygen atoms in total. The van der Waals surface area contributed by atoms with Gasteiger partial charge >= 0.3 is 0 Å². The van der Waals surface area contributed by atoms with Crippen LogP contribution in [0.25, 0.3) is 77.2 Å². The smallest absolute Gasteiger partial charge is 0.101 e. The zero-order chi connectivity index (χ0) is 32.9. The maximum absolute atomic E-state index is 10.4. The monoisotopic (exact) mass is 625 g/mol. The predicted octanol–water partition coefficient (Wildman–Crippen LogP) is 11.7. The van der Waals surface area contributed by atoms with E-state index in [-0.39, 0.29) is 5.41 Å². The van der Waals surface area contributed by atoms with E-state index in [0.717, 1.165) is 33.5 Å². The van der Waals surface area contributed by atoms with Crippen LogP contribution in [0.2, 0.25) is 0 Å². The van der Waals surface area contributed by atoms with Crippen molar-refractivity contribution in [1.82, 2.24) is 9.13 Å². The third kappa shape index (κ3) is 3.77. The molecular weight excluding hydrogens is 595 g/mol. The van der Waals surface area contributed by atoms with E-state index >= 15 is 0 Å². The molecule has 0 N–H and O–H groups in total. The van der Waals surface area contributed by atoms with Crippen LogP contribution in [0.1, 0.15) is 30.5 Å². The lowest BCUT2D eigenvalue weighted by Gasteiger charge is -2.21. The van der Waals surface area contributed by atoms with Crippen LogP contribution < -0.4 is 0 Å². The Morgan fingerprint density at radius 3 is 1.80 bits per heavy atom. The van der Waals surface area contributed by atoms with Crippen molar-refractivity contribution in [1.29, 1.82) is 5.26 Å². The molecule has 3 heteroatoms. The summed E-state index contributed by atoms with van der Waals surface area (Å²) in [6, 6.07) is 56.7. The lowest BCUT2D eigenvalue weighted by molar-refractivity contribution is 0.661. The first-order chi connectivity index (χ1) is 24.0. The molecule has 0 atom stereocenters. The van der Waals surface area contributed by atoms with Crippen molar-refractivity contribution in [3.8, 4) is 39.7 Å². The zero-order valence-corrected chi connectivity index (χ0v) is 27.3. The van der Waals surface area contributed by atoms with Crippen LogP contribution in [0.5, 0.6) is 0 Å². The standard InChI is InChI=1S/C46H31N3/c1-46(2)37-15-7-3-13-35(37)44-38(46)24-26-43-45(44)36-14-6-10-18-42(36)48(43)32-22-19-29(20-23-32)30-21-25-39(31(27-30)28-47)49-40-16-8-4-11-33(40)34-12-5-9-17-41(34)49/h3-27H,1-2H3. The fourth-order valence-corrected chi connectivity index (χ4v) is 8.52. The highest BCUT2D eigenvalue weighted by molar-refractivity contribution is 6.18. The molecule has 0 fully saturated rings. The largest absolute Gasteiger partial charge is 0.309 e. The topological polar surface area (TPSA) is 33.6 Å². The summed E-state index contributed by atoms with van der Waals surface area (Å²) in [6.07, 6.45) is 0. The van der Waals surface area contributed by atoms with Gasteiger partial charge in [0.15, 0.2) is 0 Å². The Labute approximate surface area is 284 Å². The number of rotatable bonds is 3. The first-order valence-electron chi connectivity index (χ1n) is 16.8. The van der Waals surface area contributed by atoms with Crippen molar-refractivity contribution in [2.24, 2.45) is 0 Å². The van der Waals surface area contributed by atoms with Crippen LogP contribution in [0.15, 0.2) is 152 Å². The van der Waals surface area contributed by atoms with E-state index in [1.807, 2.05) is 6.07 Å². The van der Waals surface area contributed by atoms with Gasteiger partial charge in [0.05, 0.1) is 33.3 Å². The molecule has 0 aliphatic heterocycles. The predicted molar refractivity (Wildman–Crippen MR) is 203 cm³/mol. The minimum Gasteiger partial charge on any atom is -0.309 e. The molecule has 1 aliphatic rings. The molecular formula is C46H31N3. The fourth-order valence-electron chi connectivity index (χ4n) is 8.52. The van der Waals surface area contributed by atoms with Gasteiger partial charge in [-0.1, -0.05) is 117 Å². The number of nitrogens with zero attached hydrogens (tertiary/aromatic N) is 3. The van der Waals surface area contributed by atoms with Gasteiger partial charge in [0, 0.05) is 32.6 Å². The molecule has 0 unspecified atom stereocenters. The van der Waals surface area contributed by atoms with Crippen molar-refractivity contribution in [3.63, 3.8) is 0 Å². The Balaban J connectivity index is 1.10. The zero-order valence-electron chi connectivity index (χ0n) is 27.3. The maximum Gasteiger partial charge on any atom is 0.101 e. The average Bonchev–Trinajstić information content (AvgIpc) is 3.75. The van der Waals surface area contributed by atoms with Gasteiger partial charge in [-0.2, -0.15) is 5.26 Å². The van der Waals surface area contributed by atoms with Crippen molar-refractivity contribution in [3.05, 3.63) is 168 Å². The molecule has 7 aromatic carbocycles. The van der Waals surface area contributed by atoms with Crippen molar-refractivity contribution in [2.75, 3.05) is 0 Å². The van der Waals surface area contributed by atoms with Gasteiger partial charge in [0.1, 0.15) is 6.07 Å². The average molecular weight is 626 g/mol. The Kier molecular flexibility index (Phi) is 5.69. The fraction of sp³-hybridized carbons (Fsp3) is 0.0652. The molecule has 1 aliphatic carbocycles. The Morgan fingerprint density at radius 2 is 1.10 bits per heavy atom. The van der Waals surface area contributed by atoms with E-state index in [1.165, 1.54) is 54.8 Å². The lowest BCUT2D eigenvalue weighted by Crippen LogP contribution is -2.14. The van der Waals surface area contributed by atoms with Gasteiger partial charge in [0.2, 0.25) is 0 Å². The van der Waals surface area contributed by atoms with Crippen molar-refractivity contribution < 1.29 is 0 Å². The summed E-state index contributed by atoms with van der Waals surface area (Å²) in [4.78, 5) is 0. The summed E-state index contributed by atoms with van der Waals surface area (Å²) < 4.78 is 4.61. The highest BCUT2D eigenvalue weighted by Gasteiger charge is 2.37. The summed E-state index contributed by atoms with van der Waals surface area (Å²) in [5, 5.41) is 15.3. The van der Waals surface area contributed by atoms with Crippen molar-refractivity contribution >= 4 is 43.6 Å². The van der Waals surface area contributed by atoms with E-state index in [2.05, 4.69) is 175 Å². The van der Waals surface area contributed by atoms with Gasteiger partial charge in [-0.3, -0.25) is 0 Å². The van der Waals surface area contributed by atoms with Crippen LogP contribution >= 0.6 is 0 Å². The van der Waals surface area contributed by atoms with Crippen molar-refractivity contribution in [2.45, 2.75) is 19.3 Å². The number of para-hydroxylation sites is 3. The highest BCUT2D eigenvalue weighted by atomic mass is 15.0. The van der Waals surface area contributed by atoms with Gasteiger partial charge in [-0.05, 0) is 81.9 Å². The van der Waals surface area contributed by atoms with E-state index in [0.29, 0.717) is 5.56 Å². The molecule has 0 radical (unpaired) electrons. The minimum atomic E-state index is -0.0512. The first kappa shape index (κ1) is 27.7. The molecule has 9 aromatic rings. The third-order valence-corrected chi connectivity index (χ3v) is 10.8. The molecule has 49 heavy (non-hydrogen) atoms. The van der Waals surface area contributed by atoms with Crippen LogP contribution in [0, 0.1) is 11.3 Å². The second kappa shape index (κ2) is 10.1. The number of hydrogen-bond acceptors (Lipinski definition) is 1. The third-order valence-electron chi connectivity index (χ3n) is 10.8. The van der Waals surface area contributed by atoms with Crippen LogP contribution in [-0.2, 0) is 5.41 Å². The van der Waals surface area contributed by atoms with Gasteiger partial charge in [-0.15, -0.1) is 0 Å². The Bertz CT molecular complexity index is 2800. The molecule has 0 saturated heterocycles. The summed E-state index contributed by atoms with van der Waals surface area (Å²) in [6.45, 7) is 4.68. The number of aromatic nitrogens is 2. The number of nitriles is 1. The van der Waals surface area contributed by atoms with Crippen LogP contribution in [0.4, 0.5) is 0 Å². The number of benzene rings is 7. The second-order valence-corrected chi connectivity index (χ2v) is 13.7. The van der Waals surface area contributed by atoms with Gasteiger partial charge in [-0.25, -0.2) is 0 Å². The molecule has 0 saturated carbocycles. The SMILES string of the molecule is CC1(C)c2ccccc2-c2c1ccc1c2c2ccccc2n1-c1ccc(-c2ccc(-n3c4ccccc4c4ccccc43)c(C#N)c2)cc1. The minimum absolute atomic E-state index is 0.0512. The van der Waals surface area contributed by atoms with Gasteiger partial charge in [0.25, 0.3) is 0 Å². The molecule has 230 valence electrons. The summed E-state index contributed by atoms with van der Waals surface area (Å²) >= 11 is 0. The summed E-state index contributed by atoms with van der Waals surface area (Å²) in [7, 11) is 0. The second-order valence-electron chi connectivity index (χ2n) is 13.7. The number of hydrogen-bond donors (Lipinski definition) is 0. The normalized spacial score (nSPS) is 13.2. The Morgan fingerprint density at radius 1 is 0.510 bits per heavy atom. The van der Waals surface area contributed by atoms with E-state index in [1.54, 1.807) is 0 Å². The van der Waals surface area contributed by atoms with E-state index < -0.39 is 0 Å². The quantitative estimate of drug-likeness (QED) is 0.192. The van der Waals surface area contributed by atoms with Crippen LogP contribution in [0.3, 0.4) is 0 Å².